The molecule has 1 saturated heterocycles. The number of nitrogens with one attached hydrogen (secondary N) is 2. The lowest BCUT2D eigenvalue weighted by Crippen LogP contribution is -2.42. The van der Waals surface area contributed by atoms with E-state index in [1.54, 1.807) is 6.07 Å². The molecule has 0 bridgehead atoms. The number of anilines is 1. The van der Waals surface area contributed by atoms with Gasteiger partial charge in [0, 0.05) is 50.9 Å². The Labute approximate surface area is 263 Å². The smallest absolute Gasteiger partial charge is 0.333 e. The summed E-state index contributed by atoms with van der Waals surface area (Å²) in [7, 11) is 0. The molecule has 0 spiro atoms. The molecule has 3 unspecified atom stereocenters. The van der Waals surface area contributed by atoms with Crippen LogP contribution in [0.25, 0.3) is 0 Å². The molecule has 0 aromatic heterocycles. The van der Waals surface area contributed by atoms with Gasteiger partial charge < -0.3 is 35.1 Å². The predicted molar refractivity (Wildman–Crippen MR) is 163 cm³/mol. The minimum Gasteiger partial charge on any atom is -0.479 e. The number of ether oxygens (including phenoxy) is 3. The van der Waals surface area contributed by atoms with Gasteiger partial charge in [-0.05, 0) is 30.5 Å². The normalized spacial score (nSPS) is 18.5. The van der Waals surface area contributed by atoms with Gasteiger partial charge in [-0.3, -0.25) is 28.9 Å². The van der Waals surface area contributed by atoms with Crippen molar-refractivity contribution >= 4 is 41.8 Å². The number of hydrogen-bond acceptors (Lipinski definition) is 10. The van der Waals surface area contributed by atoms with E-state index >= 15 is 0 Å². The molecule has 1 aromatic carbocycles. The first-order valence-electron chi connectivity index (χ1n) is 15.2. The number of carboxylic acid groups (broad SMARTS) is 1. The second kappa shape index (κ2) is 21.4. The summed E-state index contributed by atoms with van der Waals surface area (Å²) in [5.41, 5.74) is 0.741. The van der Waals surface area contributed by atoms with Crippen LogP contribution in [0.1, 0.15) is 78.2 Å². The molecule has 250 valence electrons. The van der Waals surface area contributed by atoms with Crippen LogP contribution in [0.5, 0.6) is 5.75 Å². The van der Waals surface area contributed by atoms with Gasteiger partial charge >= 0.3 is 5.97 Å². The molecule has 3 atom stereocenters. The van der Waals surface area contributed by atoms with Gasteiger partial charge in [0.25, 0.3) is 18.3 Å². The molecule has 45 heavy (non-hydrogen) atoms. The highest BCUT2D eigenvalue weighted by Gasteiger charge is 2.34. The average molecular weight is 636 g/mol. The van der Waals surface area contributed by atoms with Crippen LogP contribution >= 0.6 is 0 Å². The van der Waals surface area contributed by atoms with Crippen LogP contribution in [0.4, 0.5) is 5.69 Å². The zero-order valence-corrected chi connectivity index (χ0v) is 26.3. The summed E-state index contributed by atoms with van der Waals surface area (Å²) >= 11 is 0. The SMILES string of the molecule is CC.CC.O=COCc1ccc(OC2CC(O)CC(C(=O)O)O2)c(NC(=O)CCNC(=O)CCCCCN2C(=O)C=CC2=O)c1. The van der Waals surface area contributed by atoms with Gasteiger partial charge in [-0.15, -0.1) is 0 Å². The van der Waals surface area contributed by atoms with E-state index in [1.807, 2.05) is 27.7 Å². The molecule has 14 nitrogen and oxygen atoms in total. The topological polar surface area (TPSA) is 198 Å². The Bertz CT molecular complexity index is 1150. The van der Waals surface area contributed by atoms with E-state index in [0.29, 0.717) is 31.4 Å². The van der Waals surface area contributed by atoms with Crippen LogP contribution in [0.3, 0.4) is 0 Å². The highest BCUT2D eigenvalue weighted by molar-refractivity contribution is 6.12. The van der Waals surface area contributed by atoms with Crippen LogP contribution in [-0.4, -0.2) is 82.8 Å². The Morgan fingerprint density at radius 3 is 2.33 bits per heavy atom. The standard InChI is InChI=1S/C27H33N3O11.2C2H6/c31-16-39-15-17-5-6-20(40-26-14-18(32)13-21(41-26)27(37)38)19(12-17)29-23(34)9-10-28-22(33)4-2-1-3-11-30-24(35)7-8-25(30)36;2*1-2/h5-8,12,16,18,21,26,32H,1-4,9-11,13-15H2,(H,28,33)(H,29,34)(H,37,38);2*1-2H3. The van der Waals surface area contributed by atoms with Crippen LogP contribution < -0.4 is 15.4 Å². The van der Waals surface area contributed by atoms with Gasteiger partial charge in [-0.25, -0.2) is 4.79 Å². The molecule has 2 aliphatic rings. The number of nitrogens with zero attached hydrogens (tertiary/aromatic N) is 1. The summed E-state index contributed by atoms with van der Waals surface area (Å²) < 4.78 is 15.9. The first-order chi connectivity index (χ1) is 21.7. The lowest BCUT2D eigenvalue weighted by atomic mass is 10.1. The van der Waals surface area contributed by atoms with Crippen molar-refractivity contribution in [3.05, 3.63) is 35.9 Å². The van der Waals surface area contributed by atoms with Crippen LogP contribution in [0.2, 0.25) is 0 Å². The molecule has 4 N–H and O–H groups in total. The fourth-order valence-corrected chi connectivity index (χ4v) is 4.23. The van der Waals surface area contributed by atoms with Gasteiger partial charge in [-0.1, -0.05) is 40.2 Å². The Morgan fingerprint density at radius 1 is 1.00 bits per heavy atom. The minimum absolute atomic E-state index is 0.0188. The van der Waals surface area contributed by atoms with Crippen molar-refractivity contribution in [2.45, 2.75) is 97.7 Å². The molecule has 3 rings (SSSR count). The maximum atomic E-state index is 12.6. The monoisotopic (exact) mass is 635 g/mol. The second-order valence-corrected chi connectivity index (χ2v) is 9.49. The lowest BCUT2D eigenvalue weighted by molar-refractivity contribution is -0.195. The summed E-state index contributed by atoms with van der Waals surface area (Å²) in [6.45, 7) is 8.58. The highest BCUT2D eigenvalue weighted by atomic mass is 16.7. The molecule has 4 amide bonds. The van der Waals surface area contributed by atoms with Gasteiger partial charge in [0.15, 0.2) is 6.10 Å². The Balaban J connectivity index is 0.00000243. The zero-order chi connectivity index (χ0) is 33.8. The molecular formula is C31H45N3O11. The summed E-state index contributed by atoms with van der Waals surface area (Å²) in [5.74, 6) is -2.45. The van der Waals surface area contributed by atoms with Gasteiger partial charge in [0.05, 0.1) is 11.8 Å². The summed E-state index contributed by atoms with van der Waals surface area (Å²) in [5, 5.41) is 24.6. The second-order valence-electron chi connectivity index (χ2n) is 9.49. The first kappa shape index (κ1) is 38.7. The number of aliphatic hydroxyl groups is 1. The third-order valence-corrected chi connectivity index (χ3v) is 6.30. The third-order valence-electron chi connectivity index (χ3n) is 6.30. The van der Waals surface area contributed by atoms with Gasteiger partial charge in [0.2, 0.25) is 18.1 Å². The lowest BCUT2D eigenvalue weighted by Gasteiger charge is -2.31. The van der Waals surface area contributed by atoms with Crippen LogP contribution in [-0.2, 0) is 44.8 Å². The summed E-state index contributed by atoms with van der Waals surface area (Å²) in [6.07, 6.45) is 1.06. The first-order valence-corrected chi connectivity index (χ1v) is 15.2. The van der Waals surface area contributed by atoms with Crippen molar-refractivity contribution in [3.8, 4) is 5.75 Å². The molecule has 2 aliphatic heterocycles. The Kier molecular flexibility index (Phi) is 18.4. The molecular weight excluding hydrogens is 590 g/mol. The van der Waals surface area contributed by atoms with E-state index in [0.717, 1.165) is 4.90 Å². The number of amides is 4. The average Bonchev–Trinajstić information content (AvgIpc) is 3.35. The quantitative estimate of drug-likeness (QED) is 0.118. The predicted octanol–water partition coefficient (Wildman–Crippen LogP) is 2.67. The molecule has 0 aliphatic carbocycles. The van der Waals surface area contributed by atoms with Crippen molar-refractivity contribution in [1.82, 2.24) is 10.2 Å². The van der Waals surface area contributed by atoms with Crippen molar-refractivity contribution in [3.63, 3.8) is 0 Å². The van der Waals surface area contributed by atoms with Crippen LogP contribution in [0.15, 0.2) is 30.4 Å². The van der Waals surface area contributed by atoms with Crippen molar-refractivity contribution < 1.29 is 53.2 Å². The van der Waals surface area contributed by atoms with E-state index in [1.165, 1.54) is 24.3 Å². The Hall–Kier alpha value is -4.30. The number of aliphatic hydroxyl groups excluding tert-OH is 1. The van der Waals surface area contributed by atoms with E-state index < -0.39 is 30.4 Å². The van der Waals surface area contributed by atoms with Crippen molar-refractivity contribution in [2.24, 2.45) is 0 Å². The van der Waals surface area contributed by atoms with Crippen LogP contribution in [0, 0.1) is 0 Å². The number of carbonyl (C=O) groups is 6. The number of unbranched alkanes of at least 4 members (excludes halogenated alkanes) is 2. The van der Waals surface area contributed by atoms with E-state index in [9.17, 15) is 39.0 Å². The highest BCUT2D eigenvalue weighted by Crippen LogP contribution is 2.30. The van der Waals surface area contributed by atoms with Gasteiger partial charge in [-0.2, -0.15) is 0 Å². The van der Waals surface area contributed by atoms with E-state index in [4.69, 9.17) is 14.2 Å². The van der Waals surface area contributed by atoms with E-state index in [2.05, 4.69) is 10.6 Å². The number of aliphatic carboxylic acids is 1. The zero-order valence-electron chi connectivity index (χ0n) is 26.3. The van der Waals surface area contributed by atoms with Crippen molar-refractivity contribution in [2.75, 3.05) is 18.4 Å². The molecule has 1 aromatic rings. The number of carboxylic acids is 1. The fourth-order valence-electron chi connectivity index (χ4n) is 4.23. The summed E-state index contributed by atoms with van der Waals surface area (Å²) in [6, 6.07) is 4.59. The number of benzene rings is 1. The number of carbonyl (C=O) groups excluding carboxylic acids is 5. The largest absolute Gasteiger partial charge is 0.479 e. The molecule has 0 radical (unpaired) electrons. The number of imide groups is 1. The molecule has 2 heterocycles. The Morgan fingerprint density at radius 2 is 1.69 bits per heavy atom. The fraction of sp³-hybridized carbons (Fsp3) is 0.548. The summed E-state index contributed by atoms with van der Waals surface area (Å²) in [4.78, 5) is 70.8. The van der Waals surface area contributed by atoms with Crippen molar-refractivity contribution in [1.29, 1.82) is 0 Å². The number of hydrogen-bond donors (Lipinski definition) is 4. The maximum absolute atomic E-state index is 12.6. The molecule has 14 heteroatoms. The van der Waals surface area contributed by atoms with E-state index in [-0.39, 0.29) is 74.5 Å². The molecule has 0 saturated carbocycles. The van der Waals surface area contributed by atoms with Gasteiger partial charge in [0.1, 0.15) is 12.4 Å². The maximum Gasteiger partial charge on any atom is 0.333 e. The minimum atomic E-state index is -1.25. The number of rotatable bonds is 16. The third kappa shape index (κ3) is 13.9. The molecule has 1 fully saturated rings.